The minimum absolute atomic E-state index is 0. The molecule has 0 aliphatic rings. The van der Waals surface area contributed by atoms with Gasteiger partial charge in [0, 0.05) is 22.6 Å². The summed E-state index contributed by atoms with van der Waals surface area (Å²) in [5.74, 6) is 1.63. The second kappa shape index (κ2) is 10.8. The zero-order valence-corrected chi connectivity index (χ0v) is 20.0. The van der Waals surface area contributed by atoms with Gasteiger partial charge in [-0.05, 0) is 55.8 Å². The maximum Gasteiger partial charge on any atom is 0.167 e. The number of unbranched alkanes of at least 4 members (excludes halogenated alkanes) is 1. The summed E-state index contributed by atoms with van der Waals surface area (Å²) in [6.07, 6.45) is 4.87. The van der Waals surface area contributed by atoms with Crippen molar-refractivity contribution in [3.05, 3.63) is 71.6 Å². The van der Waals surface area contributed by atoms with Crippen LogP contribution in [0.4, 0.5) is 0 Å². The maximum absolute atomic E-state index is 6.06. The summed E-state index contributed by atoms with van der Waals surface area (Å²) in [4.78, 5) is 9.72. The van der Waals surface area contributed by atoms with Crippen LogP contribution in [0.1, 0.15) is 25.6 Å². The fraction of sp³-hybridized carbons (Fsp3) is 0.261. The first kappa shape index (κ1) is 22.7. The van der Waals surface area contributed by atoms with E-state index in [0.717, 1.165) is 60.5 Å². The number of fused-ring (bicyclic) bond motifs is 1. The first-order valence-electron chi connectivity index (χ1n) is 10.0. The Labute approximate surface area is 198 Å². The molecule has 7 heteroatoms. The van der Waals surface area contributed by atoms with Gasteiger partial charge in [0.15, 0.2) is 11.5 Å². The molecule has 0 bridgehead atoms. The topological polar surface area (TPSA) is 55.1 Å². The summed E-state index contributed by atoms with van der Waals surface area (Å²) < 4.78 is 1.88. The minimum atomic E-state index is 0. The third-order valence-electron chi connectivity index (χ3n) is 4.88. The monoisotopic (exact) mass is 533 g/mol. The fourth-order valence-corrected chi connectivity index (χ4v) is 3.48. The van der Waals surface area contributed by atoms with E-state index in [1.807, 2.05) is 53.2 Å². The largest absolute Gasteiger partial charge is 0.317 e. The summed E-state index contributed by atoms with van der Waals surface area (Å²) >= 11 is 6.06. The number of rotatable bonds is 8. The Morgan fingerprint density at radius 2 is 1.70 bits per heavy atom. The smallest absolute Gasteiger partial charge is 0.167 e. The number of hydrogen-bond acceptors (Lipinski definition) is 4. The van der Waals surface area contributed by atoms with Crippen molar-refractivity contribution >= 4 is 41.2 Å². The average molecular weight is 534 g/mol. The van der Waals surface area contributed by atoms with Gasteiger partial charge in [0.05, 0.1) is 6.20 Å². The molecule has 0 aliphatic heterocycles. The van der Waals surface area contributed by atoms with Crippen molar-refractivity contribution < 1.29 is 0 Å². The molecule has 0 atom stereocenters. The molecule has 156 valence electrons. The third-order valence-corrected chi connectivity index (χ3v) is 5.13. The standard InChI is InChI=1S/C23H24ClN5.HI/c1-2-25-15-7-6-10-21-27-22(18-11-13-19(24)14-12-18)28-23-20(16-26-29(21)23)17-8-4-3-5-9-17;/h3-5,8-9,11-14,16,25H,2,6-7,10,15H2,1H3;1H. The zero-order valence-electron chi connectivity index (χ0n) is 16.9. The van der Waals surface area contributed by atoms with Gasteiger partial charge in [-0.3, -0.25) is 0 Å². The van der Waals surface area contributed by atoms with Crippen LogP contribution in [0.15, 0.2) is 60.8 Å². The molecule has 4 aromatic rings. The third kappa shape index (κ3) is 5.17. The van der Waals surface area contributed by atoms with Crippen LogP contribution in [0.5, 0.6) is 0 Å². The van der Waals surface area contributed by atoms with Crippen molar-refractivity contribution in [2.24, 2.45) is 0 Å². The molecule has 4 rings (SSSR count). The lowest BCUT2D eigenvalue weighted by molar-refractivity contribution is 0.622. The summed E-state index contributed by atoms with van der Waals surface area (Å²) in [5, 5.41) is 8.69. The maximum atomic E-state index is 6.06. The van der Waals surface area contributed by atoms with E-state index in [0.29, 0.717) is 10.8 Å². The highest BCUT2D eigenvalue weighted by molar-refractivity contribution is 14.0. The van der Waals surface area contributed by atoms with Crippen LogP contribution in [0.3, 0.4) is 0 Å². The van der Waals surface area contributed by atoms with Gasteiger partial charge in [0.25, 0.3) is 0 Å². The Hall–Kier alpha value is -2.03. The second-order valence-corrected chi connectivity index (χ2v) is 7.38. The highest BCUT2D eigenvalue weighted by atomic mass is 127. The number of halogens is 2. The number of aryl methyl sites for hydroxylation is 1. The minimum Gasteiger partial charge on any atom is -0.317 e. The summed E-state index contributed by atoms with van der Waals surface area (Å²) in [6.45, 7) is 4.14. The van der Waals surface area contributed by atoms with Crippen molar-refractivity contribution in [2.75, 3.05) is 13.1 Å². The van der Waals surface area contributed by atoms with Crippen LogP contribution >= 0.6 is 35.6 Å². The molecule has 0 fully saturated rings. The molecule has 0 amide bonds. The van der Waals surface area contributed by atoms with Gasteiger partial charge in [-0.1, -0.05) is 48.9 Å². The van der Waals surface area contributed by atoms with E-state index >= 15 is 0 Å². The van der Waals surface area contributed by atoms with Crippen LogP contribution in [0.2, 0.25) is 5.02 Å². The molecule has 0 radical (unpaired) electrons. The number of benzene rings is 2. The van der Waals surface area contributed by atoms with E-state index < -0.39 is 0 Å². The number of nitrogens with one attached hydrogen (secondary N) is 1. The highest BCUT2D eigenvalue weighted by Gasteiger charge is 2.15. The van der Waals surface area contributed by atoms with Crippen LogP contribution < -0.4 is 5.32 Å². The van der Waals surface area contributed by atoms with E-state index in [1.165, 1.54) is 0 Å². The Kier molecular flexibility index (Phi) is 8.18. The zero-order chi connectivity index (χ0) is 20.1. The van der Waals surface area contributed by atoms with E-state index in [1.54, 1.807) is 0 Å². The van der Waals surface area contributed by atoms with Crippen molar-refractivity contribution in [3.8, 4) is 22.5 Å². The van der Waals surface area contributed by atoms with Gasteiger partial charge in [0.2, 0.25) is 0 Å². The number of nitrogens with zero attached hydrogens (tertiary/aromatic N) is 4. The quantitative estimate of drug-likeness (QED) is 0.234. The van der Waals surface area contributed by atoms with Crippen molar-refractivity contribution in [1.29, 1.82) is 0 Å². The van der Waals surface area contributed by atoms with E-state index in [2.05, 4.69) is 29.5 Å². The molecule has 0 unspecified atom stereocenters. The summed E-state index contributed by atoms with van der Waals surface area (Å²) in [5.41, 5.74) is 3.89. The van der Waals surface area contributed by atoms with Gasteiger partial charge in [-0.2, -0.15) is 5.10 Å². The average Bonchev–Trinajstić information content (AvgIpc) is 3.19. The Morgan fingerprint density at radius 3 is 2.43 bits per heavy atom. The molecular weight excluding hydrogens is 509 g/mol. The SMILES string of the molecule is CCNCCCCc1nc(-c2ccc(Cl)cc2)nc2c(-c3ccccc3)cnn12.I. The van der Waals surface area contributed by atoms with Crippen LogP contribution in [-0.4, -0.2) is 32.7 Å². The van der Waals surface area contributed by atoms with Crippen molar-refractivity contribution in [2.45, 2.75) is 26.2 Å². The Balaban J connectivity index is 0.00000256. The second-order valence-electron chi connectivity index (χ2n) is 6.94. The molecule has 0 aliphatic carbocycles. The summed E-state index contributed by atoms with van der Waals surface area (Å²) in [7, 11) is 0. The van der Waals surface area contributed by atoms with Gasteiger partial charge in [-0.15, -0.1) is 24.0 Å². The number of hydrogen-bond donors (Lipinski definition) is 1. The van der Waals surface area contributed by atoms with E-state index in [-0.39, 0.29) is 24.0 Å². The van der Waals surface area contributed by atoms with Crippen molar-refractivity contribution in [1.82, 2.24) is 24.9 Å². The molecule has 0 spiro atoms. The van der Waals surface area contributed by atoms with Gasteiger partial charge < -0.3 is 5.32 Å². The Morgan fingerprint density at radius 1 is 0.933 bits per heavy atom. The molecular formula is C23H25ClIN5. The Bertz CT molecular complexity index is 1080. The normalized spacial score (nSPS) is 10.9. The lowest BCUT2D eigenvalue weighted by Gasteiger charge is -2.09. The molecule has 2 heterocycles. The molecule has 2 aromatic carbocycles. The van der Waals surface area contributed by atoms with E-state index in [9.17, 15) is 0 Å². The highest BCUT2D eigenvalue weighted by Crippen LogP contribution is 2.26. The number of aromatic nitrogens is 4. The molecule has 2 aromatic heterocycles. The summed E-state index contributed by atoms with van der Waals surface area (Å²) in [6, 6.07) is 17.9. The predicted octanol–water partition coefficient (Wildman–Crippen LogP) is 5.66. The molecule has 0 saturated heterocycles. The molecule has 0 saturated carbocycles. The predicted molar refractivity (Wildman–Crippen MR) is 134 cm³/mol. The first-order chi connectivity index (χ1) is 14.3. The molecule has 1 N–H and O–H groups in total. The van der Waals surface area contributed by atoms with E-state index in [4.69, 9.17) is 21.6 Å². The van der Waals surface area contributed by atoms with Crippen LogP contribution in [0, 0.1) is 0 Å². The lowest BCUT2D eigenvalue weighted by atomic mass is 10.1. The molecule has 30 heavy (non-hydrogen) atoms. The first-order valence-corrected chi connectivity index (χ1v) is 10.4. The van der Waals surface area contributed by atoms with Gasteiger partial charge in [-0.25, -0.2) is 14.5 Å². The fourth-order valence-electron chi connectivity index (χ4n) is 3.35. The van der Waals surface area contributed by atoms with Gasteiger partial charge in [0.1, 0.15) is 5.82 Å². The van der Waals surface area contributed by atoms with Gasteiger partial charge >= 0.3 is 0 Å². The van der Waals surface area contributed by atoms with Crippen molar-refractivity contribution in [3.63, 3.8) is 0 Å². The van der Waals surface area contributed by atoms with Crippen LogP contribution in [0.25, 0.3) is 28.2 Å². The molecule has 5 nitrogen and oxygen atoms in total. The lowest BCUT2D eigenvalue weighted by Crippen LogP contribution is -2.14. The van der Waals surface area contributed by atoms with Crippen LogP contribution in [-0.2, 0) is 6.42 Å².